The number of aromatic nitrogens is 1. The van der Waals surface area contributed by atoms with Gasteiger partial charge in [-0.15, -0.1) is 0 Å². The van der Waals surface area contributed by atoms with Gasteiger partial charge in [0.15, 0.2) is 6.61 Å². The lowest BCUT2D eigenvalue weighted by Gasteiger charge is -2.15. The molecule has 0 amide bonds. The quantitative estimate of drug-likeness (QED) is 0.221. The molecule has 0 N–H and O–H groups in total. The minimum atomic E-state index is -0.482. The van der Waals surface area contributed by atoms with Crippen LogP contribution >= 0.6 is 0 Å². The number of esters is 1. The van der Waals surface area contributed by atoms with Gasteiger partial charge in [0.2, 0.25) is 5.78 Å². The van der Waals surface area contributed by atoms with Crippen LogP contribution in [0.25, 0.3) is 21.5 Å². The monoisotopic (exact) mass is 441 g/mol. The van der Waals surface area contributed by atoms with E-state index < -0.39 is 5.97 Å². The zero-order valence-electron chi connectivity index (χ0n) is 19.0. The fraction of sp³-hybridized carbons (Fsp3) is 0.286. The number of hydrogen-bond donors (Lipinski definition) is 0. The standard InChI is InChI=1S/C28H27NO4/c1-18-14-25(19(2)29(18)16-22-10-7-13-32-22)26(30)17-33-28(31)27-23-11-5-3-8-20(23)15-21-9-4-6-12-24(21)27/h3-6,8-9,11-12,14-15,22H,7,10,13,16-17H2,1-2H3. The normalized spacial score (nSPS) is 15.9. The molecule has 3 aromatic carbocycles. The molecule has 0 bridgehead atoms. The predicted octanol–water partition coefficient (Wildman–Crippen LogP) is 5.63. The Kier molecular flexibility index (Phi) is 5.73. The van der Waals surface area contributed by atoms with Crippen molar-refractivity contribution in [3.05, 3.63) is 83.2 Å². The van der Waals surface area contributed by atoms with Crippen LogP contribution < -0.4 is 0 Å². The van der Waals surface area contributed by atoms with Gasteiger partial charge in [0.05, 0.1) is 11.7 Å². The predicted molar refractivity (Wildman–Crippen MR) is 129 cm³/mol. The van der Waals surface area contributed by atoms with Crippen LogP contribution in [0, 0.1) is 13.8 Å². The smallest absolute Gasteiger partial charge is 0.339 e. The van der Waals surface area contributed by atoms with Crippen molar-refractivity contribution in [3.63, 3.8) is 0 Å². The molecule has 1 aromatic heterocycles. The van der Waals surface area contributed by atoms with E-state index in [1.165, 1.54) is 0 Å². The zero-order valence-corrected chi connectivity index (χ0v) is 19.0. The minimum absolute atomic E-state index is 0.190. The molecule has 1 saturated heterocycles. The second-order valence-electron chi connectivity index (χ2n) is 8.72. The maximum absolute atomic E-state index is 13.2. The van der Waals surface area contributed by atoms with Gasteiger partial charge in [-0.3, -0.25) is 4.79 Å². The van der Waals surface area contributed by atoms with Crippen molar-refractivity contribution in [2.24, 2.45) is 0 Å². The Morgan fingerprint density at radius 2 is 1.67 bits per heavy atom. The van der Waals surface area contributed by atoms with Crippen molar-refractivity contribution in [1.82, 2.24) is 4.57 Å². The lowest BCUT2D eigenvalue weighted by Crippen LogP contribution is -2.18. The third-order valence-corrected chi connectivity index (χ3v) is 6.59. The molecule has 0 radical (unpaired) electrons. The first kappa shape index (κ1) is 21.4. The highest BCUT2D eigenvalue weighted by atomic mass is 16.5. The summed E-state index contributed by atoms with van der Waals surface area (Å²) in [6.07, 6.45) is 2.31. The van der Waals surface area contributed by atoms with E-state index in [1.54, 1.807) is 0 Å². The number of ether oxygens (including phenoxy) is 2. The van der Waals surface area contributed by atoms with E-state index in [0.717, 1.165) is 58.9 Å². The van der Waals surface area contributed by atoms with Gasteiger partial charge in [-0.05, 0) is 60.4 Å². The number of nitrogens with zero attached hydrogens (tertiary/aromatic N) is 1. The second-order valence-corrected chi connectivity index (χ2v) is 8.72. The number of carbonyl (C=O) groups is 2. The number of Topliss-reactive ketones (excluding diaryl/α,β-unsaturated/α-hetero) is 1. The topological polar surface area (TPSA) is 57.5 Å². The molecule has 1 atom stereocenters. The lowest BCUT2D eigenvalue weighted by molar-refractivity contribution is 0.0478. The number of ketones is 1. The first-order valence-corrected chi connectivity index (χ1v) is 11.4. The number of fused-ring (bicyclic) bond motifs is 2. The Hall–Kier alpha value is -3.44. The van der Waals surface area contributed by atoms with Crippen LogP contribution in [0.5, 0.6) is 0 Å². The maximum Gasteiger partial charge on any atom is 0.339 e. The van der Waals surface area contributed by atoms with E-state index in [1.807, 2.05) is 68.4 Å². The third-order valence-electron chi connectivity index (χ3n) is 6.59. The summed E-state index contributed by atoms with van der Waals surface area (Å²) in [5.74, 6) is -0.677. The molecule has 1 aliphatic rings. The van der Waals surface area contributed by atoms with E-state index in [2.05, 4.69) is 10.6 Å². The van der Waals surface area contributed by atoms with Gasteiger partial charge in [-0.1, -0.05) is 48.5 Å². The summed E-state index contributed by atoms with van der Waals surface area (Å²) in [5.41, 5.74) is 3.00. The highest BCUT2D eigenvalue weighted by Gasteiger charge is 2.23. The largest absolute Gasteiger partial charge is 0.454 e. The molecule has 2 heterocycles. The molecule has 1 fully saturated rings. The zero-order chi connectivity index (χ0) is 22.9. The number of aryl methyl sites for hydroxylation is 1. The van der Waals surface area contributed by atoms with Gasteiger partial charge in [-0.25, -0.2) is 4.79 Å². The van der Waals surface area contributed by atoms with Crippen LogP contribution in [0.3, 0.4) is 0 Å². The van der Waals surface area contributed by atoms with E-state index in [0.29, 0.717) is 11.1 Å². The molecule has 0 saturated carbocycles. The second kappa shape index (κ2) is 8.83. The average molecular weight is 442 g/mol. The highest BCUT2D eigenvalue weighted by molar-refractivity contribution is 6.17. The lowest BCUT2D eigenvalue weighted by atomic mass is 9.97. The maximum atomic E-state index is 13.2. The minimum Gasteiger partial charge on any atom is -0.454 e. The van der Waals surface area contributed by atoms with Crippen LogP contribution in [-0.4, -0.2) is 35.6 Å². The van der Waals surface area contributed by atoms with Crippen LogP contribution in [0.2, 0.25) is 0 Å². The Bertz CT molecular complexity index is 1310. The van der Waals surface area contributed by atoms with Gasteiger partial charge in [0.1, 0.15) is 0 Å². The molecule has 33 heavy (non-hydrogen) atoms. The van der Waals surface area contributed by atoms with Crippen LogP contribution in [0.4, 0.5) is 0 Å². The number of rotatable bonds is 6. The number of carbonyl (C=O) groups excluding carboxylic acids is 2. The SMILES string of the molecule is Cc1cc(C(=O)COC(=O)c2c3ccccc3cc3ccccc23)c(C)n1CC1CCCO1. The van der Waals surface area contributed by atoms with Crippen molar-refractivity contribution in [2.75, 3.05) is 13.2 Å². The fourth-order valence-electron chi connectivity index (χ4n) is 4.87. The average Bonchev–Trinajstić information content (AvgIpc) is 3.44. The first-order valence-electron chi connectivity index (χ1n) is 11.4. The molecule has 5 nitrogen and oxygen atoms in total. The van der Waals surface area contributed by atoms with Gasteiger partial charge >= 0.3 is 5.97 Å². The summed E-state index contributed by atoms with van der Waals surface area (Å²) in [6, 6.07) is 19.4. The van der Waals surface area contributed by atoms with Crippen molar-refractivity contribution >= 4 is 33.3 Å². The Labute approximate surface area is 192 Å². The van der Waals surface area contributed by atoms with Crippen LogP contribution in [-0.2, 0) is 16.0 Å². The van der Waals surface area contributed by atoms with Crippen molar-refractivity contribution in [1.29, 1.82) is 0 Å². The van der Waals surface area contributed by atoms with E-state index in [4.69, 9.17) is 9.47 Å². The van der Waals surface area contributed by atoms with Crippen LogP contribution in [0.15, 0.2) is 60.7 Å². The Balaban J connectivity index is 1.39. The van der Waals surface area contributed by atoms with Gasteiger partial charge in [0.25, 0.3) is 0 Å². The molecule has 0 spiro atoms. The molecular formula is C28H27NO4. The Morgan fingerprint density at radius 1 is 1.00 bits per heavy atom. The highest BCUT2D eigenvalue weighted by Crippen LogP contribution is 2.29. The third kappa shape index (κ3) is 4.05. The van der Waals surface area contributed by atoms with Crippen molar-refractivity contribution in [3.8, 4) is 0 Å². The van der Waals surface area contributed by atoms with Gasteiger partial charge < -0.3 is 14.0 Å². The summed E-state index contributed by atoms with van der Waals surface area (Å²) in [6.45, 7) is 5.18. The number of hydrogen-bond acceptors (Lipinski definition) is 4. The molecule has 0 aliphatic carbocycles. The molecule has 1 unspecified atom stereocenters. The van der Waals surface area contributed by atoms with Crippen molar-refractivity contribution in [2.45, 2.75) is 39.3 Å². The van der Waals surface area contributed by atoms with E-state index >= 15 is 0 Å². The summed E-state index contributed by atoms with van der Waals surface area (Å²) in [7, 11) is 0. The summed E-state index contributed by atoms with van der Waals surface area (Å²) >= 11 is 0. The molecule has 1 aliphatic heterocycles. The first-order chi connectivity index (χ1) is 16.0. The van der Waals surface area contributed by atoms with Crippen LogP contribution in [0.1, 0.15) is 44.9 Å². The molecule has 168 valence electrons. The Morgan fingerprint density at radius 3 is 2.30 bits per heavy atom. The van der Waals surface area contributed by atoms with Crippen molar-refractivity contribution < 1.29 is 19.1 Å². The summed E-state index contributed by atoms with van der Waals surface area (Å²) < 4.78 is 13.5. The summed E-state index contributed by atoms with van der Waals surface area (Å²) in [5, 5.41) is 3.58. The van der Waals surface area contributed by atoms with E-state index in [9.17, 15) is 9.59 Å². The van der Waals surface area contributed by atoms with E-state index in [-0.39, 0.29) is 18.5 Å². The van der Waals surface area contributed by atoms with Gasteiger partial charge in [-0.2, -0.15) is 0 Å². The summed E-state index contributed by atoms with van der Waals surface area (Å²) in [4.78, 5) is 26.2. The molecular weight excluding hydrogens is 414 g/mol. The molecule has 5 heteroatoms. The van der Waals surface area contributed by atoms with Gasteiger partial charge in [0, 0.05) is 30.1 Å². The fourth-order valence-corrected chi connectivity index (χ4v) is 4.87. The molecule has 5 rings (SSSR count). The molecule has 4 aromatic rings. The number of benzene rings is 3.